The number of benzene rings is 8. The molecular weight excluding hydrogens is 556 g/mol. The summed E-state index contributed by atoms with van der Waals surface area (Å²) in [7, 11) is 0. The van der Waals surface area contributed by atoms with E-state index in [0.29, 0.717) is 0 Å². The maximum Gasteiger partial charge on any atom is 0.143 e. The fourth-order valence-corrected chi connectivity index (χ4v) is 8.17. The van der Waals surface area contributed by atoms with Gasteiger partial charge in [0, 0.05) is 16.5 Å². The van der Waals surface area contributed by atoms with Crippen molar-refractivity contribution < 1.29 is 4.74 Å². The van der Waals surface area contributed by atoms with Gasteiger partial charge in [-0.25, -0.2) is 0 Å². The van der Waals surface area contributed by atoms with Crippen LogP contribution in [-0.4, -0.2) is 0 Å². The molecule has 1 heteroatoms. The van der Waals surface area contributed by atoms with Crippen LogP contribution in [0.5, 0.6) is 11.5 Å². The summed E-state index contributed by atoms with van der Waals surface area (Å²) < 4.78 is 6.77. The summed E-state index contributed by atoms with van der Waals surface area (Å²) in [6, 6.07) is 62.1. The Morgan fingerprint density at radius 1 is 0.370 bits per heavy atom. The summed E-state index contributed by atoms with van der Waals surface area (Å²) in [6.07, 6.45) is 0. The molecule has 1 heterocycles. The van der Waals surface area contributed by atoms with Gasteiger partial charge >= 0.3 is 0 Å². The molecule has 2 aliphatic rings. The van der Waals surface area contributed by atoms with Gasteiger partial charge in [-0.05, 0) is 84.9 Å². The molecule has 1 aliphatic carbocycles. The van der Waals surface area contributed by atoms with Crippen molar-refractivity contribution in [2.75, 3.05) is 0 Å². The highest BCUT2D eigenvalue weighted by Gasteiger charge is 2.46. The van der Waals surface area contributed by atoms with E-state index in [0.717, 1.165) is 28.2 Å². The van der Waals surface area contributed by atoms with Gasteiger partial charge in [0.25, 0.3) is 0 Å². The summed E-state index contributed by atoms with van der Waals surface area (Å²) in [6.45, 7) is 0. The van der Waals surface area contributed by atoms with E-state index in [9.17, 15) is 0 Å². The summed E-state index contributed by atoms with van der Waals surface area (Å²) in [4.78, 5) is 0. The van der Waals surface area contributed by atoms with Gasteiger partial charge < -0.3 is 4.74 Å². The Hall–Kier alpha value is -5.92. The highest BCUT2D eigenvalue weighted by Crippen LogP contribution is 2.57. The summed E-state index contributed by atoms with van der Waals surface area (Å²) >= 11 is 0. The first-order valence-electron chi connectivity index (χ1n) is 15.9. The van der Waals surface area contributed by atoms with Crippen LogP contribution in [0, 0.1) is 0 Å². The van der Waals surface area contributed by atoms with Crippen molar-refractivity contribution in [3.8, 4) is 44.9 Å². The minimum Gasteiger partial charge on any atom is -0.455 e. The lowest BCUT2D eigenvalue weighted by atomic mass is 9.67. The number of hydrogen-bond donors (Lipinski definition) is 0. The number of ether oxygens (including phenoxy) is 1. The van der Waals surface area contributed by atoms with E-state index in [1.54, 1.807) is 0 Å². The topological polar surface area (TPSA) is 9.23 Å². The van der Waals surface area contributed by atoms with E-state index in [1.807, 2.05) is 0 Å². The predicted octanol–water partition coefficient (Wildman–Crippen LogP) is 11.8. The van der Waals surface area contributed by atoms with Crippen molar-refractivity contribution in [1.29, 1.82) is 0 Å². The normalized spacial score (nSPS) is 15.7. The van der Waals surface area contributed by atoms with Crippen LogP contribution in [0.25, 0.3) is 54.9 Å². The summed E-state index contributed by atoms with van der Waals surface area (Å²) in [5, 5.41) is 4.89. The fraction of sp³-hybridized carbons (Fsp3) is 0.0222. The van der Waals surface area contributed by atoms with Crippen molar-refractivity contribution in [3.05, 3.63) is 192 Å². The minimum absolute atomic E-state index is 0.485. The van der Waals surface area contributed by atoms with Crippen molar-refractivity contribution in [3.63, 3.8) is 0 Å². The predicted molar refractivity (Wildman–Crippen MR) is 190 cm³/mol. The van der Waals surface area contributed by atoms with Gasteiger partial charge in [-0.2, -0.15) is 0 Å². The van der Waals surface area contributed by atoms with Gasteiger partial charge in [0.2, 0.25) is 0 Å². The van der Waals surface area contributed by atoms with Crippen molar-refractivity contribution >= 4 is 21.5 Å². The van der Waals surface area contributed by atoms with Crippen LogP contribution in [0.3, 0.4) is 0 Å². The average molecular weight is 585 g/mol. The molecule has 214 valence electrons. The molecule has 0 fully saturated rings. The highest BCUT2D eigenvalue weighted by atomic mass is 16.5. The zero-order chi connectivity index (χ0) is 30.2. The van der Waals surface area contributed by atoms with Gasteiger partial charge in [-0.1, -0.05) is 146 Å². The molecule has 8 aromatic carbocycles. The van der Waals surface area contributed by atoms with Crippen LogP contribution in [-0.2, 0) is 5.41 Å². The molecule has 46 heavy (non-hydrogen) atoms. The average Bonchev–Trinajstić information content (AvgIpc) is 3.41. The lowest BCUT2D eigenvalue weighted by Crippen LogP contribution is -2.28. The van der Waals surface area contributed by atoms with E-state index >= 15 is 0 Å². The third kappa shape index (κ3) is 3.40. The van der Waals surface area contributed by atoms with Crippen molar-refractivity contribution in [2.45, 2.75) is 5.41 Å². The second-order valence-corrected chi connectivity index (χ2v) is 12.4. The molecule has 1 nitrogen and oxygen atoms in total. The van der Waals surface area contributed by atoms with Gasteiger partial charge in [0.05, 0.1) is 5.41 Å². The first-order valence-corrected chi connectivity index (χ1v) is 15.9. The first kappa shape index (κ1) is 25.4. The van der Waals surface area contributed by atoms with Gasteiger partial charge in [0.15, 0.2) is 0 Å². The largest absolute Gasteiger partial charge is 0.455 e. The lowest BCUT2D eigenvalue weighted by molar-refractivity contribution is 0.489. The maximum absolute atomic E-state index is 6.77. The Bertz CT molecular complexity index is 2500. The fourth-order valence-electron chi connectivity index (χ4n) is 8.17. The third-order valence-corrected chi connectivity index (χ3v) is 10.1. The molecule has 0 amide bonds. The number of hydrogen-bond acceptors (Lipinski definition) is 1. The van der Waals surface area contributed by atoms with Crippen molar-refractivity contribution in [2.24, 2.45) is 0 Å². The Labute approximate surface area is 268 Å². The maximum atomic E-state index is 6.77. The quantitative estimate of drug-likeness (QED) is 0.201. The zero-order valence-electron chi connectivity index (χ0n) is 25.1. The highest BCUT2D eigenvalue weighted by molar-refractivity contribution is 6.05. The molecule has 0 spiro atoms. The van der Waals surface area contributed by atoms with Crippen LogP contribution in [0.2, 0.25) is 0 Å². The summed E-state index contributed by atoms with van der Waals surface area (Å²) in [5.74, 6) is 1.83. The van der Waals surface area contributed by atoms with E-state index in [2.05, 4.69) is 170 Å². The minimum atomic E-state index is -0.485. The van der Waals surface area contributed by atoms with Crippen LogP contribution >= 0.6 is 0 Å². The molecule has 0 bridgehead atoms. The SMILES string of the molecule is c1ccc(C2(c3cccc(-c4cccc5c4Oc4cccc6cccc-5c46)c3)c3ccccc3-c3cc4ccccc4cc32)cc1. The molecule has 0 radical (unpaired) electrons. The van der Waals surface area contributed by atoms with Crippen LogP contribution in [0.15, 0.2) is 170 Å². The van der Waals surface area contributed by atoms with Crippen LogP contribution in [0.4, 0.5) is 0 Å². The molecule has 0 aromatic heterocycles. The van der Waals surface area contributed by atoms with Gasteiger partial charge in [0.1, 0.15) is 11.5 Å². The second-order valence-electron chi connectivity index (χ2n) is 12.4. The number of para-hydroxylation sites is 1. The van der Waals surface area contributed by atoms with E-state index in [4.69, 9.17) is 4.74 Å². The Balaban J connectivity index is 1.25. The second kappa shape index (κ2) is 9.54. The smallest absolute Gasteiger partial charge is 0.143 e. The van der Waals surface area contributed by atoms with Crippen LogP contribution < -0.4 is 4.74 Å². The first-order chi connectivity index (χ1) is 22.8. The Morgan fingerprint density at radius 3 is 1.89 bits per heavy atom. The molecule has 8 aromatic rings. The molecule has 0 saturated heterocycles. The zero-order valence-corrected chi connectivity index (χ0v) is 25.1. The molecular formula is C45H28O. The van der Waals surface area contributed by atoms with Gasteiger partial charge in [-0.3, -0.25) is 0 Å². The van der Waals surface area contributed by atoms with E-state index < -0.39 is 5.41 Å². The van der Waals surface area contributed by atoms with Crippen molar-refractivity contribution in [1.82, 2.24) is 0 Å². The molecule has 0 saturated carbocycles. The molecule has 0 N–H and O–H groups in total. The summed E-state index contributed by atoms with van der Waals surface area (Å²) in [5.41, 5.74) is 11.8. The van der Waals surface area contributed by atoms with Crippen LogP contribution in [0.1, 0.15) is 22.3 Å². The molecule has 1 atom stereocenters. The molecule has 10 rings (SSSR count). The monoisotopic (exact) mass is 584 g/mol. The van der Waals surface area contributed by atoms with E-state index in [1.165, 1.54) is 60.5 Å². The standard InChI is InChI=1S/C45H28O/c1-2-17-33(18-3-1)45(40-24-7-6-20-36(40)39-27-30-12-4-5-13-31(30)28-41(39)45)34-19-8-16-32(26-34)35-21-11-23-38-37-22-9-14-29-15-10-25-42(43(29)37)46-44(35)38/h1-28H. The van der Waals surface area contributed by atoms with Gasteiger partial charge in [-0.15, -0.1) is 0 Å². The number of fused-ring (bicyclic) bond motifs is 6. The molecule has 1 aliphatic heterocycles. The number of rotatable bonds is 3. The van der Waals surface area contributed by atoms with E-state index in [-0.39, 0.29) is 0 Å². The Kier molecular flexibility index (Phi) is 5.27. The lowest BCUT2D eigenvalue weighted by Gasteiger charge is -2.34. The third-order valence-electron chi connectivity index (χ3n) is 10.1. The Morgan fingerprint density at radius 2 is 1.00 bits per heavy atom. The molecule has 1 unspecified atom stereocenters.